The molecule has 1 amide bonds. The van der Waals surface area contributed by atoms with E-state index in [0.29, 0.717) is 26.1 Å². The monoisotopic (exact) mass is 511 g/mol. The van der Waals surface area contributed by atoms with E-state index in [2.05, 4.69) is 59.0 Å². The molecule has 196 valence electrons. The molecule has 2 heterocycles. The molecule has 12 nitrogen and oxygen atoms in total. The molecule has 1 saturated heterocycles. The SMILES string of the molecule is CC(C)C(=O)Nc1nc(NC2CCC(COP(OCCC#N)N(C(C)C)C(C)C)O2)c(N)c(=O)[nH]1. The van der Waals surface area contributed by atoms with Gasteiger partial charge < -0.3 is 24.8 Å². The topological polar surface area (TPSA) is 168 Å². The molecule has 1 aliphatic rings. The second-order valence-electron chi connectivity index (χ2n) is 9.13. The summed E-state index contributed by atoms with van der Waals surface area (Å²) in [6.45, 7) is 12.4. The summed E-state index contributed by atoms with van der Waals surface area (Å²) in [5.74, 6) is -0.383. The Morgan fingerprint density at radius 3 is 2.57 bits per heavy atom. The fourth-order valence-electron chi connectivity index (χ4n) is 3.46. The van der Waals surface area contributed by atoms with Crippen molar-refractivity contribution in [2.24, 2.45) is 5.92 Å². The number of carbonyl (C=O) groups is 1. The Hall–Kier alpha value is -2.29. The van der Waals surface area contributed by atoms with Crippen LogP contribution in [0.4, 0.5) is 17.5 Å². The van der Waals surface area contributed by atoms with Crippen molar-refractivity contribution in [3.8, 4) is 6.07 Å². The second-order valence-corrected chi connectivity index (χ2v) is 10.6. The molecule has 0 aliphatic carbocycles. The summed E-state index contributed by atoms with van der Waals surface area (Å²) in [7, 11) is -1.36. The van der Waals surface area contributed by atoms with Crippen molar-refractivity contribution in [3.05, 3.63) is 10.4 Å². The number of nitrogens with zero attached hydrogens (tertiary/aromatic N) is 3. The number of nitrogens with two attached hydrogens (primary N) is 1. The Balaban J connectivity index is 2.00. The Kier molecular flexibility index (Phi) is 11.3. The minimum Gasteiger partial charge on any atom is -0.391 e. The minimum absolute atomic E-state index is 0.0194. The molecule has 0 radical (unpaired) electrons. The highest BCUT2D eigenvalue weighted by atomic mass is 31.2. The van der Waals surface area contributed by atoms with Crippen LogP contribution in [0.15, 0.2) is 4.79 Å². The van der Waals surface area contributed by atoms with Gasteiger partial charge in [-0.15, -0.1) is 0 Å². The first-order chi connectivity index (χ1) is 16.5. The van der Waals surface area contributed by atoms with E-state index in [-0.39, 0.29) is 47.5 Å². The molecule has 0 spiro atoms. The predicted molar refractivity (Wildman–Crippen MR) is 135 cm³/mol. The Labute approximate surface area is 207 Å². The first-order valence-electron chi connectivity index (χ1n) is 11.9. The molecule has 5 N–H and O–H groups in total. The van der Waals surface area contributed by atoms with Gasteiger partial charge >= 0.3 is 0 Å². The number of H-pyrrole nitrogens is 1. The molecule has 1 aromatic rings. The largest absolute Gasteiger partial charge is 0.391 e. The average Bonchev–Trinajstić information content (AvgIpc) is 3.22. The van der Waals surface area contributed by atoms with Crippen LogP contribution in [-0.2, 0) is 18.6 Å². The number of hydrogen-bond acceptors (Lipinski definition) is 10. The van der Waals surface area contributed by atoms with Crippen LogP contribution in [0.25, 0.3) is 0 Å². The summed E-state index contributed by atoms with van der Waals surface area (Å²) in [6.07, 6.45) is 1.05. The zero-order valence-corrected chi connectivity index (χ0v) is 22.2. The normalized spacial score (nSPS) is 18.9. The zero-order chi connectivity index (χ0) is 26.1. The molecule has 0 aromatic carbocycles. The molecule has 0 bridgehead atoms. The highest BCUT2D eigenvalue weighted by Crippen LogP contribution is 2.46. The van der Waals surface area contributed by atoms with E-state index in [1.807, 2.05) is 0 Å². The van der Waals surface area contributed by atoms with Gasteiger partial charge in [-0.1, -0.05) is 13.8 Å². The van der Waals surface area contributed by atoms with E-state index in [1.54, 1.807) is 13.8 Å². The van der Waals surface area contributed by atoms with Crippen LogP contribution in [0.2, 0.25) is 0 Å². The molecule has 3 atom stereocenters. The number of hydrogen-bond donors (Lipinski definition) is 4. The maximum Gasteiger partial charge on any atom is 0.277 e. The number of aromatic amines is 1. The third-order valence-corrected chi connectivity index (χ3v) is 7.23. The summed E-state index contributed by atoms with van der Waals surface area (Å²) in [4.78, 5) is 30.9. The number of aromatic nitrogens is 2. The van der Waals surface area contributed by atoms with Crippen LogP contribution in [0, 0.1) is 17.2 Å². The number of nitrogens with one attached hydrogen (secondary N) is 3. The average molecular weight is 512 g/mol. The molecular formula is C22H38N7O5P. The van der Waals surface area contributed by atoms with Crippen LogP contribution in [-0.4, -0.2) is 58.2 Å². The number of amides is 1. The first-order valence-corrected chi connectivity index (χ1v) is 13.0. The van der Waals surface area contributed by atoms with Crippen molar-refractivity contribution in [2.45, 2.75) is 85.2 Å². The molecule has 1 aromatic heterocycles. The third-order valence-electron chi connectivity index (χ3n) is 5.16. The fraction of sp³-hybridized carbons (Fsp3) is 0.727. The number of anilines is 3. The zero-order valence-electron chi connectivity index (χ0n) is 21.3. The second kappa shape index (κ2) is 13.7. The molecular weight excluding hydrogens is 473 g/mol. The highest BCUT2D eigenvalue weighted by Gasteiger charge is 2.31. The first kappa shape index (κ1) is 28.9. The summed E-state index contributed by atoms with van der Waals surface area (Å²) in [5.41, 5.74) is 5.26. The van der Waals surface area contributed by atoms with Gasteiger partial charge in [0.25, 0.3) is 14.1 Å². The van der Waals surface area contributed by atoms with Gasteiger partial charge in [-0.05, 0) is 40.5 Å². The summed E-state index contributed by atoms with van der Waals surface area (Å²) in [5, 5.41) is 14.5. The molecule has 0 saturated carbocycles. The van der Waals surface area contributed by atoms with Gasteiger partial charge in [0.05, 0.1) is 31.8 Å². The number of nitriles is 1. The number of carbonyl (C=O) groups excluding carboxylic acids is 1. The molecule has 35 heavy (non-hydrogen) atoms. The standard InChI is InChI=1S/C22H38N7O5P/c1-13(2)20(30)27-22-26-19(18(24)21(31)28-22)25-17-9-8-16(34-17)12-33-35(32-11-7-10-23)29(14(3)4)15(5)6/h13-17H,7-9,11-12,24H2,1-6H3,(H3,25,26,27,28,30,31). The van der Waals surface area contributed by atoms with Crippen molar-refractivity contribution in [3.63, 3.8) is 0 Å². The van der Waals surface area contributed by atoms with Gasteiger partial charge in [0, 0.05) is 18.0 Å². The van der Waals surface area contributed by atoms with Crippen LogP contribution < -0.4 is 21.9 Å². The maximum atomic E-state index is 12.2. The Morgan fingerprint density at radius 1 is 1.29 bits per heavy atom. The lowest BCUT2D eigenvalue weighted by Crippen LogP contribution is -2.34. The molecule has 1 fully saturated rings. The molecule has 3 unspecified atom stereocenters. The van der Waals surface area contributed by atoms with E-state index in [9.17, 15) is 9.59 Å². The lowest BCUT2D eigenvalue weighted by Gasteiger charge is -2.36. The Morgan fingerprint density at radius 2 is 1.97 bits per heavy atom. The molecule has 13 heteroatoms. The van der Waals surface area contributed by atoms with Gasteiger partial charge in [0.1, 0.15) is 11.9 Å². The van der Waals surface area contributed by atoms with Crippen LogP contribution in [0.1, 0.15) is 60.8 Å². The number of rotatable bonds is 13. The lowest BCUT2D eigenvalue weighted by molar-refractivity contribution is -0.118. The maximum absolute atomic E-state index is 12.2. The summed E-state index contributed by atoms with van der Waals surface area (Å²) >= 11 is 0. The van der Waals surface area contributed by atoms with Crippen LogP contribution in [0.3, 0.4) is 0 Å². The van der Waals surface area contributed by atoms with E-state index < -0.39 is 20.3 Å². The van der Waals surface area contributed by atoms with Gasteiger partial charge in [0.15, 0.2) is 5.82 Å². The van der Waals surface area contributed by atoms with Crippen molar-refractivity contribution >= 4 is 31.9 Å². The van der Waals surface area contributed by atoms with Crippen molar-refractivity contribution in [1.29, 1.82) is 5.26 Å². The van der Waals surface area contributed by atoms with Crippen molar-refractivity contribution < 1.29 is 18.6 Å². The minimum atomic E-state index is -1.36. The number of ether oxygens (including phenoxy) is 1. The molecule has 2 rings (SSSR count). The fourth-order valence-corrected chi connectivity index (χ4v) is 5.10. The van der Waals surface area contributed by atoms with Crippen molar-refractivity contribution in [2.75, 3.05) is 29.6 Å². The van der Waals surface area contributed by atoms with Crippen LogP contribution >= 0.6 is 8.53 Å². The van der Waals surface area contributed by atoms with Crippen molar-refractivity contribution in [1.82, 2.24) is 14.6 Å². The summed E-state index contributed by atoms with van der Waals surface area (Å²) in [6, 6.07) is 2.50. The van der Waals surface area contributed by atoms with E-state index in [4.69, 9.17) is 24.8 Å². The van der Waals surface area contributed by atoms with E-state index in [0.717, 1.165) is 6.42 Å². The summed E-state index contributed by atoms with van der Waals surface area (Å²) < 4.78 is 20.3. The van der Waals surface area contributed by atoms with Gasteiger partial charge in [-0.2, -0.15) is 10.2 Å². The van der Waals surface area contributed by atoms with E-state index >= 15 is 0 Å². The highest BCUT2D eigenvalue weighted by molar-refractivity contribution is 7.44. The van der Waals surface area contributed by atoms with Gasteiger partial charge in [0.2, 0.25) is 11.9 Å². The number of nitrogen functional groups attached to an aromatic ring is 1. The predicted octanol–water partition coefficient (Wildman–Crippen LogP) is 3.16. The quantitative estimate of drug-likeness (QED) is 0.228. The van der Waals surface area contributed by atoms with Crippen LogP contribution in [0.5, 0.6) is 0 Å². The lowest BCUT2D eigenvalue weighted by atomic mass is 10.2. The Bertz CT molecular complexity index is 926. The third kappa shape index (κ3) is 8.70. The molecule has 1 aliphatic heterocycles. The van der Waals surface area contributed by atoms with Gasteiger partial charge in [-0.25, -0.2) is 4.67 Å². The van der Waals surface area contributed by atoms with Gasteiger partial charge in [-0.3, -0.25) is 19.9 Å². The van der Waals surface area contributed by atoms with E-state index in [1.165, 1.54) is 0 Å². The smallest absolute Gasteiger partial charge is 0.277 e.